The predicted octanol–water partition coefficient (Wildman–Crippen LogP) is 3.08. The Balaban J connectivity index is 1.35. The highest BCUT2D eigenvalue weighted by Gasteiger charge is 2.79. The van der Waals surface area contributed by atoms with Crippen LogP contribution in [0.3, 0.4) is 0 Å². The Kier molecular flexibility index (Phi) is 2.49. The topological polar surface area (TPSA) is 43.4 Å². The lowest BCUT2D eigenvalue weighted by atomic mass is 9.50. The normalized spacial score (nSPS) is 51.3. The second-order valence-electron chi connectivity index (χ2n) is 8.11. The number of benzene rings is 1. The van der Waals surface area contributed by atoms with Crippen LogP contribution in [0.2, 0.25) is 0 Å². The lowest BCUT2D eigenvalue weighted by molar-refractivity contribution is -0.0342. The summed E-state index contributed by atoms with van der Waals surface area (Å²) in [5.74, 6) is 4.25. The van der Waals surface area contributed by atoms with Gasteiger partial charge in [0.25, 0.3) is 10.1 Å². The van der Waals surface area contributed by atoms with Crippen LogP contribution in [0.5, 0.6) is 0 Å². The molecule has 122 valence electrons. The number of fused-ring (bicyclic) bond motifs is 2. The van der Waals surface area contributed by atoms with Crippen molar-refractivity contribution < 1.29 is 12.6 Å². The smallest absolute Gasteiger partial charge is 0.262 e. The minimum atomic E-state index is -3.64. The summed E-state index contributed by atoms with van der Waals surface area (Å²) in [5.41, 5.74) is 1.07. The van der Waals surface area contributed by atoms with Crippen molar-refractivity contribution in [2.75, 3.05) is 0 Å². The van der Waals surface area contributed by atoms with E-state index in [-0.39, 0.29) is 6.10 Å². The minimum absolute atomic E-state index is 0.0471. The second kappa shape index (κ2) is 4.17. The van der Waals surface area contributed by atoms with Gasteiger partial charge in [0.05, 0.1) is 11.0 Å². The Morgan fingerprint density at radius 1 is 0.957 bits per heavy atom. The van der Waals surface area contributed by atoms with E-state index in [1.54, 1.807) is 12.1 Å². The number of thioether (sulfide) groups is 1. The fourth-order valence-electron chi connectivity index (χ4n) is 6.72. The third-order valence-electron chi connectivity index (χ3n) is 7.39. The van der Waals surface area contributed by atoms with E-state index in [2.05, 4.69) is 11.8 Å². The average Bonchev–Trinajstić information content (AvgIpc) is 2.83. The van der Waals surface area contributed by atoms with Crippen molar-refractivity contribution in [1.29, 1.82) is 0 Å². The number of rotatable bonds is 3. The Hall–Kier alpha value is -0.520. The summed E-state index contributed by atoms with van der Waals surface area (Å²) in [4.78, 5) is 0.312. The van der Waals surface area contributed by atoms with Crippen molar-refractivity contribution in [1.82, 2.24) is 0 Å². The maximum absolute atomic E-state index is 12.7. The fourth-order valence-corrected chi connectivity index (χ4v) is 10.4. The molecule has 5 heteroatoms. The van der Waals surface area contributed by atoms with Crippen LogP contribution < -0.4 is 0 Å². The third-order valence-corrected chi connectivity index (χ3v) is 10.6. The van der Waals surface area contributed by atoms with Crippen LogP contribution in [0.1, 0.15) is 18.4 Å². The highest BCUT2D eigenvalue weighted by atomic mass is 32.2. The van der Waals surface area contributed by atoms with Gasteiger partial charge in [-0.25, -0.2) is 0 Å². The van der Waals surface area contributed by atoms with Crippen molar-refractivity contribution in [2.45, 2.75) is 41.3 Å². The van der Waals surface area contributed by atoms with Gasteiger partial charge >= 0.3 is 0 Å². The molecule has 6 bridgehead atoms. The molecule has 23 heavy (non-hydrogen) atoms. The minimum Gasteiger partial charge on any atom is -0.262 e. The predicted molar refractivity (Wildman–Crippen MR) is 88.6 cm³/mol. The second-order valence-corrected chi connectivity index (χ2v) is 11.0. The zero-order valence-corrected chi connectivity index (χ0v) is 14.6. The quantitative estimate of drug-likeness (QED) is 0.788. The van der Waals surface area contributed by atoms with Gasteiger partial charge in [-0.15, -0.1) is 0 Å². The first-order chi connectivity index (χ1) is 11.1. The zero-order valence-electron chi connectivity index (χ0n) is 13.0. The molecule has 9 atom stereocenters. The van der Waals surface area contributed by atoms with E-state index < -0.39 is 10.1 Å². The van der Waals surface area contributed by atoms with Gasteiger partial charge in [-0.05, 0) is 55.6 Å². The summed E-state index contributed by atoms with van der Waals surface area (Å²) in [7, 11) is -3.64. The Bertz CT molecular complexity index is 783. The molecule has 5 aliphatic carbocycles. The summed E-state index contributed by atoms with van der Waals surface area (Å²) in [5, 5.41) is 1.37. The van der Waals surface area contributed by atoms with Crippen molar-refractivity contribution in [3.8, 4) is 0 Å². The summed E-state index contributed by atoms with van der Waals surface area (Å²) in [6, 6.07) is 7.05. The fraction of sp³-hybridized carbons (Fsp3) is 0.667. The molecule has 0 spiro atoms. The molecule has 1 aromatic carbocycles. The van der Waals surface area contributed by atoms with Crippen LogP contribution in [0.25, 0.3) is 0 Å². The molecule has 1 heterocycles. The van der Waals surface area contributed by atoms with Gasteiger partial charge in [0.1, 0.15) is 0 Å². The standard InChI is InChI=1S/C18H20O3S2/c1-8-2-4-9(5-3-8)23(19,20)21-16-14-10-6-7-11-13-12(10)15(16)18(13)22-17(11)14/h2-5,10-18H,6-7H2,1H3/t10-,11+,12-,13+,14+,15+,16+,17+,18-/m0/s1. The molecule has 6 aliphatic rings. The molecule has 0 radical (unpaired) electrons. The number of aryl methyl sites for hydroxylation is 1. The highest BCUT2D eigenvalue weighted by Crippen LogP contribution is 2.80. The molecular formula is C18H20O3S2. The van der Waals surface area contributed by atoms with Crippen LogP contribution in [0.4, 0.5) is 0 Å². The number of hydrogen-bond acceptors (Lipinski definition) is 4. The zero-order chi connectivity index (χ0) is 15.5. The maximum Gasteiger partial charge on any atom is 0.297 e. The Labute approximate surface area is 141 Å². The van der Waals surface area contributed by atoms with Crippen molar-refractivity contribution in [3.05, 3.63) is 29.8 Å². The van der Waals surface area contributed by atoms with Gasteiger partial charge in [-0.3, -0.25) is 4.18 Å². The Morgan fingerprint density at radius 2 is 1.70 bits per heavy atom. The SMILES string of the molecule is Cc1ccc(S(=O)(=O)O[C@@H]2[C@H]3[C@H]4CC[C@H]5[C@H]3S[C@@H]3[C@@H]2[C@@H]4[C@@H]53)cc1. The lowest BCUT2D eigenvalue weighted by Crippen LogP contribution is -2.54. The first kappa shape index (κ1) is 13.7. The highest BCUT2D eigenvalue weighted by molar-refractivity contribution is 8.01. The van der Waals surface area contributed by atoms with E-state index >= 15 is 0 Å². The van der Waals surface area contributed by atoms with Crippen LogP contribution in [-0.4, -0.2) is 25.0 Å². The van der Waals surface area contributed by atoms with Crippen LogP contribution in [0, 0.1) is 42.4 Å². The van der Waals surface area contributed by atoms with Crippen molar-refractivity contribution >= 4 is 21.9 Å². The van der Waals surface area contributed by atoms with Gasteiger partial charge in [0.2, 0.25) is 0 Å². The first-order valence-corrected chi connectivity index (χ1v) is 11.1. The maximum atomic E-state index is 12.7. The van der Waals surface area contributed by atoms with Gasteiger partial charge in [0, 0.05) is 22.3 Å². The largest absolute Gasteiger partial charge is 0.297 e. The summed E-state index contributed by atoms with van der Waals surface area (Å²) in [6.45, 7) is 1.97. The third kappa shape index (κ3) is 1.51. The molecule has 6 fully saturated rings. The molecule has 0 amide bonds. The van der Waals surface area contributed by atoms with Crippen molar-refractivity contribution in [2.24, 2.45) is 35.5 Å². The van der Waals surface area contributed by atoms with Gasteiger partial charge in [-0.2, -0.15) is 20.2 Å². The number of hydrogen-bond donors (Lipinski definition) is 0. The lowest BCUT2D eigenvalue weighted by Gasteiger charge is -2.53. The molecular weight excluding hydrogens is 328 g/mol. The van der Waals surface area contributed by atoms with E-state index in [0.29, 0.717) is 27.2 Å². The molecule has 1 aromatic rings. The van der Waals surface area contributed by atoms with Crippen LogP contribution >= 0.6 is 11.8 Å². The van der Waals surface area contributed by atoms with Crippen molar-refractivity contribution in [3.63, 3.8) is 0 Å². The molecule has 5 saturated carbocycles. The van der Waals surface area contributed by atoms with Gasteiger partial charge < -0.3 is 0 Å². The van der Waals surface area contributed by atoms with E-state index in [9.17, 15) is 8.42 Å². The summed E-state index contributed by atoms with van der Waals surface area (Å²) in [6.07, 6.45) is 2.64. The van der Waals surface area contributed by atoms with E-state index in [4.69, 9.17) is 4.18 Å². The molecule has 0 unspecified atom stereocenters. The average molecular weight is 348 g/mol. The van der Waals surface area contributed by atoms with Crippen LogP contribution in [0.15, 0.2) is 29.2 Å². The van der Waals surface area contributed by atoms with E-state index in [1.165, 1.54) is 12.8 Å². The van der Waals surface area contributed by atoms with E-state index in [0.717, 1.165) is 29.2 Å². The van der Waals surface area contributed by atoms with Gasteiger partial charge in [0.15, 0.2) is 0 Å². The van der Waals surface area contributed by atoms with Gasteiger partial charge in [-0.1, -0.05) is 17.7 Å². The molecule has 1 saturated heterocycles. The molecule has 3 nitrogen and oxygen atoms in total. The molecule has 0 aromatic heterocycles. The molecule has 7 rings (SSSR count). The first-order valence-electron chi connectivity index (χ1n) is 8.72. The summed E-state index contributed by atoms with van der Waals surface area (Å²) < 4.78 is 31.4. The van der Waals surface area contributed by atoms with Crippen LogP contribution in [-0.2, 0) is 14.3 Å². The van der Waals surface area contributed by atoms with E-state index in [1.807, 2.05) is 19.1 Å². The summed E-state index contributed by atoms with van der Waals surface area (Å²) >= 11 is 2.18. The monoisotopic (exact) mass is 348 g/mol. The molecule has 1 aliphatic heterocycles. The Morgan fingerprint density at radius 3 is 2.48 bits per heavy atom. The molecule has 0 N–H and O–H groups in total.